The summed E-state index contributed by atoms with van der Waals surface area (Å²) in [5.41, 5.74) is 4.62. The van der Waals surface area contributed by atoms with Gasteiger partial charge in [-0.25, -0.2) is 9.97 Å². The summed E-state index contributed by atoms with van der Waals surface area (Å²) >= 11 is 12.1. The van der Waals surface area contributed by atoms with Crippen LogP contribution in [0.5, 0.6) is 11.5 Å². The maximum Gasteiger partial charge on any atom is 0.231 e. The summed E-state index contributed by atoms with van der Waals surface area (Å²) in [6.07, 6.45) is 0. The van der Waals surface area contributed by atoms with Crippen LogP contribution in [-0.2, 0) is 6.54 Å². The van der Waals surface area contributed by atoms with Gasteiger partial charge in [0.25, 0.3) is 0 Å². The number of guanidine groups is 1. The molecule has 11 heteroatoms. The van der Waals surface area contributed by atoms with Gasteiger partial charge < -0.3 is 19.7 Å². The van der Waals surface area contributed by atoms with E-state index in [4.69, 9.17) is 38.3 Å². The minimum atomic E-state index is 0.281. The number of hydrogen-bond acceptors (Lipinski definition) is 6. The molecule has 0 radical (unpaired) electrons. The van der Waals surface area contributed by atoms with E-state index in [1.54, 1.807) is 0 Å². The molecule has 0 aliphatic carbocycles. The topological polar surface area (TPSA) is 87.1 Å². The monoisotopic (exact) mass is 551 g/mol. The van der Waals surface area contributed by atoms with E-state index >= 15 is 0 Å². The predicted molar refractivity (Wildman–Crippen MR) is 154 cm³/mol. The van der Waals surface area contributed by atoms with Crippen LogP contribution in [0.2, 0.25) is 5.02 Å². The standard InChI is InChI=1S/C27H30ClN7O2S/c1-17-5-4-6-21(24(17)28)31-27(38)33-26(32-25-29-18(2)13-19(3)30-25)35-11-9-34(10-12-35)15-20-7-8-22-23(14-20)37-16-36-22/h4-8,13-14H,9-12,15-16H2,1-3H3,(H2,29,30,31,32,33,38). The van der Waals surface area contributed by atoms with Crippen LogP contribution in [0, 0.1) is 20.8 Å². The molecule has 2 N–H and O–H groups in total. The van der Waals surface area contributed by atoms with E-state index in [2.05, 4.69) is 42.5 Å². The smallest absolute Gasteiger partial charge is 0.231 e. The van der Waals surface area contributed by atoms with Crippen molar-refractivity contribution in [1.82, 2.24) is 19.8 Å². The Morgan fingerprint density at radius 3 is 2.47 bits per heavy atom. The van der Waals surface area contributed by atoms with Gasteiger partial charge in [-0.3, -0.25) is 10.2 Å². The Bertz CT molecular complexity index is 1360. The molecule has 2 aromatic carbocycles. The number of piperazine rings is 1. The van der Waals surface area contributed by atoms with Crippen molar-refractivity contribution >= 4 is 46.5 Å². The molecule has 2 aliphatic heterocycles. The molecule has 1 saturated heterocycles. The van der Waals surface area contributed by atoms with Crippen molar-refractivity contribution in [2.45, 2.75) is 27.3 Å². The van der Waals surface area contributed by atoms with Crippen LogP contribution in [0.15, 0.2) is 47.5 Å². The molecule has 5 rings (SSSR count). The zero-order valence-corrected chi connectivity index (χ0v) is 23.2. The third kappa shape index (κ3) is 6.32. The van der Waals surface area contributed by atoms with E-state index < -0.39 is 0 Å². The molecule has 1 fully saturated rings. The molecule has 3 aromatic rings. The first-order valence-corrected chi connectivity index (χ1v) is 13.2. The zero-order valence-electron chi connectivity index (χ0n) is 21.6. The molecule has 1 aromatic heterocycles. The van der Waals surface area contributed by atoms with E-state index in [1.807, 2.05) is 51.1 Å². The fraction of sp³-hybridized carbons (Fsp3) is 0.333. The second-order valence-electron chi connectivity index (χ2n) is 9.35. The largest absolute Gasteiger partial charge is 0.454 e. The van der Waals surface area contributed by atoms with Crippen molar-refractivity contribution in [3.8, 4) is 11.5 Å². The number of ether oxygens (including phenoxy) is 2. The minimum Gasteiger partial charge on any atom is -0.454 e. The number of hydrogen-bond donors (Lipinski definition) is 2. The number of nitrogens with zero attached hydrogens (tertiary/aromatic N) is 5. The fourth-order valence-electron chi connectivity index (χ4n) is 4.46. The van der Waals surface area contributed by atoms with Gasteiger partial charge in [-0.15, -0.1) is 0 Å². The quantitative estimate of drug-likeness (QED) is 0.270. The van der Waals surface area contributed by atoms with Crippen LogP contribution in [0.3, 0.4) is 0 Å². The first-order chi connectivity index (χ1) is 18.3. The van der Waals surface area contributed by atoms with Gasteiger partial charge in [-0.1, -0.05) is 29.8 Å². The number of aromatic nitrogens is 2. The number of anilines is 2. The molecule has 38 heavy (non-hydrogen) atoms. The van der Waals surface area contributed by atoms with Crippen molar-refractivity contribution in [2.24, 2.45) is 4.99 Å². The Balaban J connectivity index is 1.30. The predicted octanol–water partition coefficient (Wildman–Crippen LogP) is 4.77. The maximum atomic E-state index is 6.46. The molecule has 3 heterocycles. The number of benzene rings is 2. The highest BCUT2D eigenvalue weighted by Crippen LogP contribution is 2.33. The third-order valence-corrected chi connectivity index (χ3v) is 7.06. The Kier molecular flexibility index (Phi) is 7.92. The molecule has 0 bridgehead atoms. The van der Waals surface area contributed by atoms with E-state index in [1.165, 1.54) is 5.56 Å². The second kappa shape index (κ2) is 11.5. The zero-order chi connectivity index (χ0) is 26.6. The van der Waals surface area contributed by atoms with Gasteiger partial charge in [0.15, 0.2) is 11.5 Å². The summed E-state index contributed by atoms with van der Waals surface area (Å²) in [6, 6.07) is 13.8. The van der Waals surface area contributed by atoms with Crippen LogP contribution < -0.4 is 20.1 Å². The summed E-state index contributed by atoms with van der Waals surface area (Å²) in [4.78, 5) is 18.4. The van der Waals surface area contributed by atoms with E-state index in [0.29, 0.717) is 22.0 Å². The molecule has 2 aliphatic rings. The van der Waals surface area contributed by atoms with Crippen molar-refractivity contribution in [2.75, 3.05) is 43.6 Å². The molecule has 0 saturated carbocycles. The lowest BCUT2D eigenvalue weighted by Crippen LogP contribution is -2.50. The fourth-order valence-corrected chi connectivity index (χ4v) is 4.83. The lowest BCUT2D eigenvalue weighted by molar-refractivity contribution is 0.172. The highest BCUT2D eigenvalue weighted by Gasteiger charge is 2.22. The summed E-state index contributed by atoms with van der Waals surface area (Å²) in [7, 11) is 0. The Morgan fingerprint density at radius 1 is 0.974 bits per heavy atom. The summed E-state index contributed by atoms with van der Waals surface area (Å²) in [5.74, 6) is 2.69. The van der Waals surface area contributed by atoms with Crippen molar-refractivity contribution in [3.63, 3.8) is 0 Å². The van der Waals surface area contributed by atoms with E-state index in [0.717, 1.165) is 66.9 Å². The van der Waals surface area contributed by atoms with Crippen molar-refractivity contribution < 1.29 is 9.47 Å². The SMILES string of the molecule is Cc1cc(C)nc(N/C(=N/C(=S)Nc2cccc(C)c2Cl)N2CCN(Cc3ccc4c(c3)OCO4)CC2)n1. The maximum absolute atomic E-state index is 6.46. The number of fused-ring (bicyclic) bond motifs is 1. The Morgan fingerprint density at radius 2 is 1.71 bits per heavy atom. The van der Waals surface area contributed by atoms with Crippen LogP contribution in [0.4, 0.5) is 11.6 Å². The molecular weight excluding hydrogens is 522 g/mol. The number of rotatable bonds is 4. The van der Waals surface area contributed by atoms with Crippen LogP contribution in [0.25, 0.3) is 0 Å². The first-order valence-electron chi connectivity index (χ1n) is 12.4. The van der Waals surface area contributed by atoms with Crippen molar-refractivity contribution in [3.05, 3.63) is 70.0 Å². The molecule has 0 spiro atoms. The average Bonchev–Trinajstić information content (AvgIpc) is 3.34. The lowest BCUT2D eigenvalue weighted by atomic mass is 10.1. The molecule has 0 unspecified atom stereocenters. The van der Waals surface area contributed by atoms with Crippen LogP contribution in [-0.4, -0.2) is 63.8 Å². The summed E-state index contributed by atoms with van der Waals surface area (Å²) in [5, 5.41) is 7.39. The van der Waals surface area contributed by atoms with Gasteiger partial charge in [-0.05, 0) is 68.4 Å². The van der Waals surface area contributed by atoms with Gasteiger partial charge in [0.2, 0.25) is 23.8 Å². The highest BCUT2D eigenvalue weighted by atomic mass is 35.5. The number of aliphatic imine (C=N–C) groups is 1. The van der Waals surface area contributed by atoms with Gasteiger partial charge in [0.05, 0.1) is 10.7 Å². The minimum absolute atomic E-state index is 0.281. The Labute approximate surface area is 232 Å². The Hall–Kier alpha value is -3.47. The van der Waals surface area contributed by atoms with Crippen LogP contribution in [0.1, 0.15) is 22.5 Å². The van der Waals surface area contributed by atoms with Gasteiger partial charge in [0, 0.05) is 44.1 Å². The summed E-state index contributed by atoms with van der Waals surface area (Å²) in [6.45, 7) is 10.2. The van der Waals surface area contributed by atoms with Gasteiger partial charge >= 0.3 is 0 Å². The number of halogens is 1. The molecule has 0 amide bonds. The lowest BCUT2D eigenvalue weighted by Gasteiger charge is -2.36. The average molecular weight is 552 g/mol. The van der Waals surface area contributed by atoms with E-state index in [9.17, 15) is 0 Å². The number of aryl methyl sites for hydroxylation is 3. The molecular formula is C27H30ClN7O2S. The second-order valence-corrected chi connectivity index (χ2v) is 10.1. The molecule has 9 nitrogen and oxygen atoms in total. The molecule has 0 atom stereocenters. The highest BCUT2D eigenvalue weighted by molar-refractivity contribution is 7.80. The van der Waals surface area contributed by atoms with Gasteiger partial charge in [-0.2, -0.15) is 4.99 Å². The third-order valence-electron chi connectivity index (χ3n) is 6.36. The van der Waals surface area contributed by atoms with Crippen LogP contribution >= 0.6 is 23.8 Å². The summed E-state index contributed by atoms with van der Waals surface area (Å²) < 4.78 is 11.0. The normalized spacial score (nSPS) is 15.5. The number of thiocarbonyl (C=S) groups is 1. The molecule has 198 valence electrons. The van der Waals surface area contributed by atoms with Gasteiger partial charge in [0.1, 0.15) is 0 Å². The van der Waals surface area contributed by atoms with Crippen molar-refractivity contribution in [1.29, 1.82) is 0 Å². The number of nitrogens with one attached hydrogen (secondary N) is 2. The first kappa shape index (κ1) is 26.1. The van der Waals surface area contributed by atoms with E-state index in [-0.39, 0.29) is 6.79 Å².